The van der Waals surface area contributed by atoms with E-state index in [0.29, 0.717) is 27.6 Å². The monoisotopic (exact) mass is 432 g/mol. The highest BCUT2D eigenvalue weighted by atomic mass is 35.5. The third-order valence-corrected chi connectivity index (χ3v) is 5.52. The number of hydrogen-bond acceptors (Lipinski definition) is 5. The highest BCUT2D eigenvalue weighted by Gasteiger charge is 2.41. The summed E-state index contributed by atoms with van der Waals surface area (Å²) in [6, 6.07) is 6.64. The second-order valence-corrected chi connectivity index (χ2v) is 8.30. The zero-order valence-corrected chi connectivity index (χ0v) is 17.8. The minimum atomic E-state index is -0.284. The van der Waals surface area contributed by atoms with Gasteiger partial charge in [0.1, 0.15) is 0 Å². The van der Waals surface area contributed by atoms with Gasteiger partial charge in [0.15, 0.2) is 0 Å². The fraction of sp³-hybridized carbons (Fsp3) is 0.400. The Morgan fingerprint density at radius 3 is 2.38 bits per heavy atom. The molecule has 7 nitrogen and oxygen atoms in total. The van der Waals surface area contributed by atoms with Gasteiger partial charge in [-0.05, 0) is 51.0 Å². The second kappa shape index (κ2) is 8.16. The Morgan fingerprint density at radius 2 is 1.69 bits per heavy atom. The fourth-order valence-corrected chi connectivity index (χ4v) is 4.48. The molecule has 0 saturated heterocycles. The molecular formula is C20H22Cl2N6O. The summed E-state index contributed by atoms with van der Waals surface area (Å²) < 4.78 is 0. The number of hydrogen-bond donors (Lipinski definition) is 2. The quantitative estimate of drug-likeness (QED) is 0.696. The SMILES string of the molecule is Cc1cc(C)nc(NC2=N[C@H]3CCCC[C@H]3N2C(=O)Nc2cc(Cl)cc(Cl)c2)n1. The Kier molecular flexibility index (Phi) is 5.61. The molecule has 29 heavy (non-hydrogen) atoms. The second-order valence-electron chi connectivity index (χ2n) is 7.43. The molecule has 4 rings (SSSR count). The number of nitrogens with one attached hydrogen (secondary N) is 2. The molecule has 2 atom stereocenters. The van der Waals surface area contributed by atoms with Crippen LogP contribution in [0.3, 0.4) is 0 Å². The van der Waals surface area contributed by atoms with Crippen molar-refractivity contribution in [1.82, 2.24) is 14.9 Å². The van der Waals surface area contributed by atoms with Crippen LogP contribution in [0.4, 0.5) is 16.4 Å². The largest absolute Gasteiger partial charge is 0.328 e. The van der Waals surface area contributed by atoms with Crippen LogP contribution < -0.4 is 10.6 Å². The molecule has 1 aliphatic heterocycles. The molecule has 0 unspecified atom stereocenters. The first-order valence-electron chi connectivity index (χ1n) is 9.62. The van der Waals surface area contributed by atoms with Crippen LogP contribution in [-0.2, 0) is 0 Å². The number of aryl methyl sites for hydroxylation is 2. The van der Waals surface area contributed by atoms with Crippen molar-refractivity contribution >= 4 is 46.8 Å². The molecule has 2 aromatic rings. The number of nitrogens with zero attached hydrogens (tertiary/aromatic N) is 4. The van der Waals surface area contributed by atoms with E-state index < -0.39 is 0 Å². The van der Waals surface area contributed by atoms with Crippen LogP contribution in [0.5, 0.6) is 0 Å². The molecular weight excluding hydrogens is 411 g/mol. The number of aliphatic imine (C=N–C) groups is 1. The molecule has 1 aromatic heterocycles. The minimum Gasteiger partial charge on any atom is -0.307 e. The first-order chi connectivity index (χ1) is 13.9. The van der Waals surface area contributed by atoms with Gasteiger partial charge in [-0.2, -0.15) is 0 Å². The van der Waals surface area contributed by atoms with E-state index >= 15 is 0 Å². The topological polar surface area (TPSA) is 82.5 Å². The molecule has 0 bridgehead atoms. The smallest absolute Gasteiger partial charge is 0.307 e. The highest BCUT2D eigenvalue weighted by molar-refractivity contribution is 6.35. The third-order valence-electron chi connectivity index (χ3n) is 5.08. The molecule has 0 radical (unpaired) electrons. The zero-order chi connectivity index (χ0) is 20.5. The lowest BCUT2D eigenvalue weighted by atomic mass is 9.91. The summed E-state index contributed by atoms with van der Waals surface area (Å²) in [6.07, 6.45) is 4.03. The van der Waals surface area contributed by atoms with Crippen LogP contribution >= 0.6 is 23.2 Å². The first kappa shape index (κ1) is 19.9. The highest BCUT2D eigenvalue weighted by Crippen LogP contribution is 2.32. The van der Waals surface area contributed by atoms with Crippen LogP contribution in [0.15, 0.2) is 29.3 Å². The van der Waals surface area contributed by atoms with Crippen molar-refractivity contribution < 1.29 is 4.79 Å². The van der Waals surface area contributed by atoms with E-state index in [1.807, 2.05) is 19.9 Å². The number of carbonyl (C=O) groups excluding carboxylic acids is 1. The van der Waals surface area contributed by atoms with Crippen LogP contribution in [0, 0.1) is 13.8 Å². The summed E-state index contributed by atoms with van der Waals surface area (Å²) >= 11 is 12.1. The summed E-state index contributed by atoms with van der Waals surface area (Å²) in [5.41, 5.74) is 2.23. The first-order valence-corrected chi connectivity index (χ1v) is 10.4. The molecule has 2 heterocycles. The number of halogens is 2. The number of fused-ring (bicyclic) bond motifs is 1. The fourth-order valence-electron chi connectivity index (χ4n) is 3.95. The molecule has 1 saturated carbocycles. The van der Waals surface area contributed by atoms with Crippen molar-refractivity contribution in [1.29, 1.82) is 0 Å². The van der Waals surface area contributed by atoms with Gasteiger partial charge in [0, 0.05) is 27.1 Å². The molecule has 152 valence electrons. The Bertz CT molecular complexity index is 939. The van der Waals surface area contributed by atoms with Gasteiger partial charge in [-0.3, -0.25) is 10.2 Å². The van der Waals surface area contributed by atoms with Crippen LogP contribution in [-0.4, -0.2) is 38.9 Å². The molecule has 1 aliphatic carbocycles. The minimum absolute atomic E-state index is 0.00631. The number of anilines is 2. The molecule has 2 aliphatic rings. The van der Waals surface area contributed by atoms with E-state index in [9.17, 15) is 4.79 Å². The average Bonchev–Trinajstić information content (AvgIpc) is 2.97. The van der Waals surface area contributed by atoms with Crippen LogP contribution in [0.1, 0.15) is 37.1 Å². The van der Waals surface area contributed by atoms with Crippen LogP contribution in [0.25, 0.3) is 0 Å². The van der Waals surface area contributed by atoms with Gasteiger partial charge < -0.3 is 5.32 Å². The lowest BCUT2D eigenvalue weighted by molar-refractivity contribution is 0.209. The lowest BCUT2D eigenvalue weighted by Crippen LogP contribution is -2.49. The summed E-state index contributed by atoms with van der Waals surface area (Å²) in [5.74, 6) is 0.904. The van der Waals surface area contributed by atoms with Gasteiger partial charge >= 0.3 is 6.03 Å². The number of aromatic nitrogens is 2. The summed E-state index contributed by atoms with van der Waals surface area (Å²) in [7, 11) is 0. The van der Waals surface area contributed by atoms with Crippen molar-refractivity contribution in [2.45, 2.75) is 51.6 Å². The molecule has 9 heteroatoms. The predicted molar refractivity (Wildman–Crippen MR) is 116 cm³/mol. The van der Waals surface area contributed by atoms with E-state index in [2.05, 4.69) is 20.6 Å². The van der Waals surface area contributed by atoms with Gasteiger partial charge in [0.2, 0.25) is 11.9 Å². The van der Waals surface area contributed by atoms with E-state index in [-0.39, 0.29) is 18.1 Å². The van der Waals surface area contributed by atoms with Gasteiger partial charge in [0.25, 0.3) is 0 Å². The molecule has 1 aromatic carbocycles. The summed E-state index contributed by atoms with van der Waals surface area (Å²) in [5, 5.41) is 6.97. The number of amides is 2. The normalized spacial score (nSPS) is 20.8. The van der Waals surface area contributed by atoms with Crippen molar-refractivity contribution in [3.63, 3.8) is 0 Å². The van der Waals surface area contributed by atoms with Crippen molar-refractivity contribution in [2.24, 2.45) is 4.99 Å². The van der Waals surface area contributed by atoms with Crippen LogP contribution in [0.2, 0.25) is 10.0 Å². The zero-order valence-electron chi connectivity index (χ0n) is 16.2. The number of rotatable bonds is 2. The standard InChI is InChI=1S/C20H22Cl2N6O/c1-11-7-12(2)24-18(23-11)27-19-26-16-5-3-4-6-17(16)28(19)20(29)25-15-9-13(21)8-14(22)10-15/h7-10,16-17H,3-6H2,1-2H3,(H,25,29)(H,23,24,26,27)/t16-,17+/m0/s1. The van der Waals surface area contributed by atoms with Gasteiger partial charge in [-0.25, -0.2) is 19.8 Å². The Morgan fingerprint density at radius 1 is 1.03 bits per heavy atom. The summed E-state index contributed by atoms with van der Waals surface area (Å²) in [6.45, 7) is 3.81. The van der Waals surface area contributed by atoms with E-state index in [1.54, 1.807) is 23.1 Å². The number of guanidine groups is 1. The Balaban J connectivity index is 1.60. The molecule has 2 N–H and O–H groups in total. The Labute approximate surface area is 179 Å². The van der Waals surface area contributed by atoms with Crippen molar-refractivity contribution in [3.8, 4) is 0 Å². The maximum Gasteiger partial charge on any atom is 0.328 e. The predicted octanol–water partition coefficient (Wildman–Crippen LogP) is 5.03. The Hall–Kier alpha value is -2.38. The number of urea groups is 1. The third kappa shape index (κ3) is 4.46. The van der Waals surface area contributed by atoms with Gasteiger partial charge in [0.05, 0.1) is 12.1 Å². The van der Waals surface area contributed by atoms with E-state index in [4.69, 9.17) is 28.2 Å². The molecule has 1 fully saturated rings. The van der Waals surface area contributed by atoms with Gasteiger partial charge in [-0.15, -0.1) is 0 Å². The molecule has 0 spiro atoms. The van der Waals surface area contributed by atoms with Crippen molar-refractivity contribution in [3.05, 3.63) is 45.7 Å². The maximum absolute atomic E-state index is 13.2. The number of carbonyl (C=O) groups is 1. The molecule has 2 amide bonds. The lowest BCUT2D eigenvalue weighted by Gasteiger charge is -2.31. The summed E-state index contributed by atoms with van der Waals surface area (Å²) in [4.78, 5) is 28.5. The van der Waals surface area contributed by atoms with Gasteiger partial charge in [-0.1, -0.05) is 36.0 Å². The maximum atomic E-state index is 13.2. The van der Waals surface area contributed by atoms with Crippen molar-refractivity contribution in [2.75, 3.05) is 10.6 Å². The number of benzene rings is 1. The van der Waals surface area contributed by atoms with E-state index in [1.165, 1.54) is 0 Å². The average molecular weight is 433 g/mol. The van der Waals surface area contributed by atoms with E-state index in [0.717, 1.165) is 37.1 Å².